The monoisotopic (exact) mass is 284 g/mol. The van der Waals surface area contributed by atoms with Gasteiger partial charge in [-0.3, -0.25) is 9.48 Å². The van der Waals surface area contributed by atoms with E-state index >= 15 is 0 Å². The van der Waals surface area contributed by atoms with Gasteiger partial charge in [-0.15, -0.1) is 0 Å². The molecule has 0 saturated heterocycles. The van der Waals surface area contributed by atoms with Crippen LogP contribution in [0.3, 0.4) is 0 Å². The van der Waals surface area contributed by atoms with Crippen LogP contribution in [0.1, 0.15) is 23.1 Å². The van der Waals surface area contributed by atoms with Crippen LogP contribution in [0.5, 0.6) is 0 Å². The van der Waals surface area contributed by atoms with Crippen LogP contribution in [0.4, 0.5) is 0 Å². The highest BCUT2D eigenvalue weighted by atomic mass is 16.1. The SMILES string of the molecule is Cc1ncc2ccc(C(=O)NC(C)Cn3cncn3)cn12. The first kappa shape index (κ1) is 13.3. The van der Waals surface area contributed by atoms with Crippen molar-refractivity contribution in [3.05, 3.63) is 48.6 Å². The van der Waals surface area contributed by atoms with Crippen molar-refractivity contribution in [3.63, 3.8) is 0 Å². The van der Waals surface area contributed by atoms with Crippen molar-refractivity contribution < 1.29 is 4.79 Å². The third-order valence-corrected chi connectivity index (χ3v) is 3.28. The number of rotatable bonds is 4. The second-order valence-corrected chi connectivity index (χ2v) is 5.01. The number of fused-ring (bicyclic) bond motifs is 1. The van der Waals surface area contributed by atoms with Crippen LogP contribution in [0.25, 0.3) is 5.52 Å². The molecule has 1 amide bonds. The Bertz CT molecular complexity index is 761. The Balaban J connectivity index is 1.72. The number of carbonyl (C=O) groups is 1. The number of aromatic nitrogens is 5. The highest BCUT2D eigenvalue weighted by Crippen LogP contribution is 2.09. The Morgan fingerprint density at radius 1 is 1.43 bits per heavy atom. The molecule has 0 bridgehead atoms. The fourth-order valence-corrected chi connectivity index (χ4v) is 2.21. The van der Waals surface area contributed by atoms with E-state index < -0.39 is 0 Å². The molecular formula is C14H16N6O. The number of imidazole rings is 1. The van der Waals surface area contributed by atoms with E-state index in [1.165, 1.54) is 6.33 Å². The van der Waals surface area contributed by atoms with Crippen LogP contribution in [-0.2, 0) is 6.54 Å². The van der Waals surface area contributed by atoms with Crippen molar-refractivity contribution in [2.24, 2.45) is 0 Å². The summed E-state index contributed by atoms with van der Waals surface area (Å²) < 4.78 is 3.59. The zero-order valence-corrected chi connectivity index (χ0v) is 11.9. The molecule has 21 heavy (non-hydrogen) atoms. The zero-order chi connectivity index (χ0) is 14.8. The minimum Gasteiger partial charge on any atom is -0.348 e. The maximum Gasteiger partial charge on any atom is 0.253 e. The smallest absolute Gasteiger partial charge is 0.253 e. The van der Waals surface area contributed by atoms with Crippen molar-refractivity contribution >= 4 is 11.4 Å². The van der Waals surface area contributed by atoms with Crippen LogP contribution >= 0.6 is 0 Å². The van der Waals surface area contributed by atoms with Crippen LogP contribution in [0.15, 0.2) is 37.2 Å². The molecular weight excluding hydrogens is 268 g/mol. The summed E-state index contributed by atoms with van der Waals surface area (Å²) in [6, 6.07) is 3.64. The minimum atomic E-state index is -0.113. The fourth-order valence-electron chi connectivity index (χ4n) is 2.21. The van der Waals surface area contributed by atoms with Gasteiger partial charge in [-0.1, -0.05) is 0 Å². The highest BCUT2D eigenvalue weighted by Gasteiger charge is 2.12. The molecule has 0 aliphatic carbocycles. The lowest BCUT2D eigenvalue weighted by Crippen LogP contribution is -2.35. The van der Waals surface area contributed by atoms with Gasteiger partial charge in [0, 0.05) is 12.2 Å². The first-order valence-electron chi connectivity index (χ1n) is 6.70. The molecule has 7 heteroatoms. The van der Waals surface area contributed by atoms with E-state index in [4.69, 9.17) is 0 Å². The Hall–Kier alpha value is -2.70. The molecule has 1 unspecified atom stereocenters. The molecule has 3 rings (SSSR count). The fraction of sp³-hybridized carbons (Fsp3) is 0.286. The summed E-state index contributed by atoms with van der Waals surface area (Å²) in [6.45, 7) is 4.42. The van der Waals surface area contributed by atoms with Gasteiger partial charge in [-0.25, -0.2) is 9.97 Å². The molecule has 1 atom stereocenters. The molecule has 0 spiro atoms. The molecule has 3 heterocycles. The average Bonchev–Trinajstić information content (AvgIpc) is 3.09. The third kappa shape index (κ3) is 2.76. The van der Waals surface area contributed by atoms with Gasteiger partial charge in [0.25, 0.3) is 5.91 Å². The van der Waals surface area contributed by atoms with E-state index in [1.54, 1.807) is 29.5 Å². The number of nitrogens with zero attached hydrogens (tertiary/aromatic N) is 5. The Kier molecular flexibility index (Phi) is 3.39. The van der Waals surface area contributed by atoms with Crippen molar-refractivity contribution in [2.75, 3.05) is 0 Å². The van der Waals surface area contributed by atoms with Gasteiger partial charge in [0.15, 0.2) is 0 Å². The van der Waals surface area contributed by atoms with Crippen LogP contribution in [-0.4, -0.2) is 36.1 Å². The molecule has 3 aromatic rings. The van der Waals surface area contributed by atoms with Crippen molar-refractivity contribution in [2.45, 2.75) is 26.4 Å². The lowest BCUT2D eigenvalue weighted by molar-refractivity contribution is 0.0935. The number of hydrogen-bond donors (Lipinski definition) is 1. The van der Waals surface area contributed by atoms with Crippen LogP contribution in [0.2, 0.25) is 0 Å². The molecule has 0 aromatic carbocycles. The van der Waals surface area contributed by atoms with E-state index in [1.807, 2.05) is 24.3 Å². The predicted octanol–water partition coefficient (Wildman–Crippen LogP) is 1.05. The largest absolute Gasteiger partial charge is 0.348 e. The van der Waals surface area contributed by atoms with Gasteiger partial charge in [-0.05, 0) is 26.0 Å². The third-order valence-electron chi connectivity index (χ3n) is 3.28. The topological polar surface area (TPSA) is 77.1 Å². The normalized spacial score (nSPS) is 12.5. The van der Waals surface area contributed by atoms with Gasteiger partial charge >= 0.3 is 0 Å². The molecule has 0 saturated carbocycles. The Labute approximate surface area is 121 Å². The van der Waals surface area contributed by atoms with Crippen molar-refractivity contribution in [1.29, 1.82) is 0 Å². The minimum absolute atomic E-state index is 0.0428. The molecule has 108 valence electrons. The summed E-state index contributed by atoms with van der Waals surface area (Å²) in [5.74, 6) is 0.743. The molecule has 1 N–H and O–H groups in total. The summed E-state index contributed by atoms with van der Waals surface area (Å²) in [6.07, 6.45) is 6.69. The number of amides is 1. The number of hydrogen-bond acceptors (Lipinski definition) is 4. The lowest BCUT2D eigenvalue weighted by Gasteiger charge is -2.13. The summed E-state index contributed by atoms with van der Waals surface area (Å²) in [4.78, 5) is 20.4. The van der Waals surface area contributed by atoms with E-state index in [2.05, 4.69) is 20.4 Å². The van der Waals surface area contributed by atoms with E-state index in [0.717, 1.165) is 11.3 Å². The van der Waals surface area contributed by atoms with Crippen molar-refractivity contribution in [3.8, 4) is 0 Å². The van der Waals surface area contributed by atoms with E-state index in [-0.39, 0.29) is 11.9 Å². The van der Waals surface area contributed by atoms with Gasteiger partial charge in [0.2, 0.25) is 0 Å². The Morgan fingerprint density at radius 2 is 2.29 bits per heavy atom. The van der Waals surface area contributed by atoms with Crippen LogP contribution < -0.4 is 5.32 Å². The van der Waals surface area contributed by atoms with Gasteiger partial charge in [0.05, 0.1) is 23.8 Å². The first-order chi connectivity index (χ1) is 10.1. The highest BCUT2D eigenvalue weighted by molar-refractivity contribution is 5.94. The summed E-state index contributed by atoms with van der Waals surface area (Å²) >= 11 is 0. The average molecular weight is 284 g/mol. The molecule has 7 nitrogen and oxygen atoms in total. The second kappa shape index (κ2) is 5.35. The quantitative estimate of drug-likeness (QED) is 0.777. The molecule has 3 aromatic heterocycles. The zero-order valence-electron chi connectivity index (χ0n) is 11.9. The number of pyridine rings is 1. The number of nitrogens with one attached hydrogen (secondary N) is 1. The standard InChI is InChI=1S/C14H16N6O/c1-10(6-19-9-15-8-17-19)18-14(21)12-3-4-13-5-16-11(2)20(13)7-12/h3-5,7-10H,6H2,1-2H3,(H,18,21). The summed E-state index contributed by atoms with van der Waals surface area (Å²) in [5, 5.41) is 6.97. The van der Waals surface area contributed by atoms with E-state index in [9.17, 15) is 4.79 Å². The summed E-state index contributed by atoms with van der Waals surface area (Å²) in [7, 11) is 0. The molecule has 0 aliphatic heterocycles. The van der Waals surface area contributed by atoms with Crippen LogP contribution in [0, 0.1) is 6.92 Å². The molecule has 0 radical (unpaired) electrons. The van der Waals surface area contributed by atoms with Gasteiger partial charge in [-0.2, -0.15) is 5.10 Å². The number of carbonyl (C=O) groups excluding carboxylic acids is 1. The van der Waals surface area contributed by atoms with Gasteiger partial charge in [0.1, 0.15) is 18.5 Å². The Morgan fingerprint density at radius 3 is 3.05 bits per heavy atom. The first-order valence-corrected chi connectivity index (χ1v) is 6.70. The maximum atomic E-state index is 12.3. The molecule has 0 aliphatic rings. The van der Waals surface area contributed by atoms with Crippen molar-refractivity contribution in [1.82, 2.24) is 29.5 Å². The molecule has 0 fully saturated rings. The number of aryl methyl sites for hydroxylation is 1. The van der Waals surface area contributed by atoms with Gasteiger partial charge < -0.3 is 9.72 Å². The van der Waals surface area contributed by atoms with E-state index in [0.29, 0.717) is 12.1 Å². The second-order valence-electron chi connectivity index (χ2n) is 5.01. The maximum absolute atomic E-state index is 12.3. The summed E-state index contributed by atoms with van der Waals surface area (Å²) in [5.41, 5.74) is 1.58. The lowest BCUT2D eigenvalue weighted by atomic mass is 10.2. The predicted molar refractivity (Wildman–Crippen MR) is 76.9 cm³/mol.